The number of morpholine rings is 2. The van der Waals surface area contributed by atoms with Crippen molar-refractivity contribution in [2.45, 2.75) is 36.7 Å². The number of thioether (sulfide) groups is 2. The zero-order chi connectivity index (χ0) is 55.2. The number of carbonyl (C=O) groups is 3. The zero-order valence-corrected chi connectivity index (χ0v) is 45.0. The Morgan fingerprint density at radius 2 is 1.03 bits per heavy atom. The molecule has 2 saturated heterocycles. The summed E-state index contributed by atoms with van der Waals surface area (Å²) in [6.07, 6.45) is 6.62. The highest BCUT2D eigenvalue weighted by Gasteiger charge is 2.20. The number of ether oxygens (including phenoxy) is 5. The Hall–Kier alpha value is -8.11. The van der Waals surface area contributed by atoms with E-state index < -0.39 is 35.2 Å². The molecule has 2 amide bonds. The lowest BCUT2D eigenvalue weighted by Gasteiger charge is -2.29. The minimum absolute atomic E-state index is 0.0264. The average molecular weight is 1100 g/mol. The number of anilines is 4. The van der Waals surface area contributed by atoms with Gasteiger partial charge in [-0.1, -0.05) is 72.1 Å². The van der Waals surface area contributed by atoms with Crippen molar-refractivity contribution in [3.05, 3.63) is 156 Å². The van der Waals surface area contributed by atoms with Crippen LogP contribution in [0.1, 0.15) is 41.5 Å². The van der Waals surface area contributed by atoms with E-state index in [2.05, 4.69) is 30.6 Å². The molecule has 3 N–H and O–H groups in total. The van der Waals surface area contributed by atoms with Gasteiger partial charge in [0.05, 0.1) is 37.7 Å². The minimum Gasteiger partial charge on any atom is -0.478 e. The summed E-state index contributed by atoms with van der Waals surface area (Å²) in [6, 6.07) is 34.1. The molecule has 6 aromatic carbocycles. The molecule has 0 saturated carbocycles. The Morgan fingerprint density at radius 3 is 1.47 bits per heavy atom. The van der Waals surface area contributed by atoms with Crippen LogP contribution < -0.4 is 29.9 Å². The number of nitrogens with one attached hydrogen (secondary N) is 2. The number of carboxylic acid groups (broad SMARTS) is 1. The van der Waals surface area contributed by atoms with Crippen molar-refractivity contribution in [3.63, 3.8) is 0 Å². The summed E-state index contributed by atoms with van der Waals surface area (Å²) >= 11 is 2.88. The summed E-state index contributed by atoms with van der Waals surface area (Å²) in [5.74, 6) is -0.347. The number of benzene rings is 6. The average Bonchev–Trinajstić information content (AvgIpc) is 3.45. The number of nitrogens with zero attached hydrogens (tertiary/aromatic N) is 6. The van der Waals surface area contributed by atoms with Crippen molar-refractivity contribution in [1.29, 1.82) is 0 Å². The first kappa shape index (κ1) is 56.1. The van der Waals surface area contributed by atoms with E-state index in [0.717, 1.165) is 27.6 Å². The predicted molar refractivity (Wildman–Crippen MR) is 299 cm³/mol. The number of carbonyl (C=O) groups excluding carboxylic acids is 2. The van der Waals surface area contributed by atoms with Gasteiger partial charge in [-0.25, -0.2) is 28.3 Å². The van der Waals surface area contributed by atoms with Gasteiger partial charge in [0.25, 0.3) is 5.91 Å². The largest absolute Gasteiger partial charge is 0.478 e. The summed E-state index contributed by atoms with van der Waals surface area (Å²) in [5, 5.41) is 19.1. The van der Waals surface area contributed by atoms with Crippen LogP contribution in [0.3, 0.4) is 0 Å². The lowest BCUT2D eigenvalue weighted by molar-refractivity contribution is 0.0634. The number of amides is 2. The molecule has 0 unspecified atom stereocenters. The first-order chi connectivity index (χ1) is 37.6. The Kier molecular flexibility index (Phi) is 18.9. The molecule has 17 nitrogen and oxygen atoms in total. The number of rotatable bonds is 12. The van der Waals surface area contributed by atoms with Gasteiger partial charge in [-0.2, -0.15) is 9.97 Å². The normalized spacial score (nSPS) is 13.3. The Labute approximate surface area is 457 Å². The molecular weight excluding hydrogens is 1040 g/mol. The molecule has 8 aromatic rings. The number of aromatic nitrogens is 4. The van der Waals surface area contributed by atoms with Crippen LogP contribution in [0.4, 0.5) is 36.3 Å². The molecule has 21 heteroatoms. The maximum Gasteiger partial charge on any atom is 0.412 e. The van der Waals surface area contributed by atoms with Crippen molar-refractivity contribution in [2.75, 3.05) is 85.6 Å². The van der Waals surface area contributed by atoms with E-state index in [0.29, 0.717) is 109 Å². The lowest BCUT2D eigenvalue weighted by atomic mass is 10.1. The van der Waals surface area contributed by atoms with E-state index in [1.54, 1.807) is 54.9 Å². The summed E-state index contributed by atoms with van der Waals surface area (Å²) in [7, 11) is 0. The predicted octanol–water partition coefficient (Wildman–Crippen LogP) is 12.2. The molecule has 2 aromatic heterocycles. The van der Waals surface area contributed by atoms with Crippen molar-refractivity contribution in [1.82, 2.24) is 19.9 Å². The molecule has 0 atom stereocenters. The summed E-state index contributed by atoms with van der Waals surface area (Å²) in [6.45, 7) is 10.4. The third-order valence-electron chi connectivity index (χ3n) is 11.7. The third-order valence-corrected chi connectivity index (χ3v) is 12.8. The van der Waals surface area contributed by atoms with Gasteiger partial charge in [0.15, 0.2) is 10.3 Å². The number of carboxylic acids is 1. The summed E-state index contributed by atoms with van der Waals surface area (Å²) < 4.78 is 55.5. The fraction of sp³-hybridized carbons (Fsp3) is 0.246. The minimum atomic E-state index is -1.12. The lowest BCUT2D eigenvalue weighted by Crippen LogP contribution is -2.36. The van der Waals surface area contributed by atoms with E-state index in [1.165, 1.54) is 47.8 Å². The molecule has 0 spiro atoms. The van der Waals surface area contributed by atoms with E-state index >= 15 is 0 Å². The highest BCUT2D eigenvalue weighted by Crippen LogP contribution is 2.36. The quantitative estimate of drug-likeness (QED) is 0.0770. The fourth-order valence-electron chi connectivity index (χ4n) is 8.14. The number of fused-ring (bicyclic) bond motifs is 2. The van der Waals surface area contributed by atoms with Crippen molar-refractivity contribution < 1.29 is 52.0 Å². The first-order valence-corrected chi connectivity index (χ1v) is 27.0. The number of aromatic carboxylic acids is 1. The second-order valence-electron chi connectivity index (χ2n) is 18.3. The van der Waals surface area contributed by atoms with Crippen LogP contribution in [0, 0.1) is 11.6 Å². The van der Waals surface area contributed by atoms with Crippen molar-refractivity contribution >= 4 is 85.8 Å². The van der Waals surface area contributed by atoms with Gasteiger partial charge < -0.3 is 43.9 Å². The van der Waals surface area contributed by atoms with Gasteiger partial charge in [0.2, 0.25) is 11.8 Å². The fourth-order valence-corrected chi connectivity index (χ4v) is 8.84. The molecule has 2 aliphatic heterocycles. The number of hydrogen-bond donors (Lipinski definition) is 3. The third kappa shape index (κ3) is 15.3. The molecule has 78 heavy (non-hydrogen) atoms. The molecule has 0 bridgehead atoms. The smallest absolute Gasteiger partial charge is 0.412 e. The van der Waals surface area contributed by atoms with Crippen molar-refractivity contribution in [2.24, 2.45) is 0 Å². The van der Waals surface area contributed by atoms with Gasteiger partial charge in [0.1, 0.15) is 28.7 Å². The van der Waals surface area contributed by atoms with E-state index in [-0.39, 0.29) is 11.1 Å². The monoisotopic (exact) mass is 1100 g/mol. The Bertz CT molecular complexity index is 3410. The second kappa shape index (κ2) is 26.3. The maximum absolute atomic E-state index is 14.4. The van der Waals surface area contributed by atoms with Gasteiger partial charge in [0, 0.05) is 94.9 Å². The second-order valence-corrected chi connectivity index (χ2v) is 19.8. The topological polar surface area (TPSA) is 200 Å². The van der Waals surface area contributed by atoms with Gasteiger partial charge >= 0.3 is 12.1 Å². The van der Waals surface area contributed by atoms with E-state index in [1.807, 2.05) is 91.6 Å². The molecule has 0 radical (unpaired) electrons. The van der Waals surface area contributed by atoms with Crippen LogP contribution in [0.15, 0.2) is 144 Å². The number of halogens is 2. The van der Waals surface area contributed by atoms with Gasteiger partial charge in [-0.3, -0.25) is 10.1 Å². The first-order valence-electron chi connectivity index (χ1n) is 24.6. The summed E-state index contributed by atoms with van der Waals surface area (Å²) in [4.78, 5) is 57.0. The molecule has 10 rings (SSSR count). The van der Waals surface area contributed by atoms with Gasteiger partial charge in [-0.05, 0) is 93.9 Å². The van der Waals surface area contributed by atoms with E-state index in [9.17, 15) is 23.2 Å². The SMILES string of the molecule is CSc1nccc(Oc2ccc(NC(=O)OC(C)(C)C)c3ccccc23)n1.CSc1nccc(Oc2ccc(NC(=O)c3cc(F)cc(N4CCOCC4)c3)c3ccccc23)n1.O=C(O)c1cc(F)cc(N2CCOCC2)c1. The van der Waals surface area contributed by atoms with Crippen LogP contribution in [-0.4, -0.2) is 114 Å². The molecule has 404 valence electrons. The molecule has 2 aliphatic rings. The highest BCUT2D eigenvalue weighted by atomic mass is 32.2. The standard InChI is InChI=1S/C26H23FN4O3S.C20H21N3O3S.C11H12FNO3/c1-35-26-28-9-8-24(30-26)34-23-7-6-22(20-4-2-3-5-21(20)23)29-25(32)17-14-18(27)16-19(15-17)31-10-12-33-13-11-31;1-20(2,3)26-19(24)22-15-9-10-16(14-8-6-5-7-13(14)15)25-17-11-12-21-18(23-17)27-4;12-9-5-8(11(14)15)6-10(7-9)13-1-3-16-4-2-13/h2-9,14-16H,10-13H2,1H3,(H,29,32);5-12H,1-4H3,(H,22,24);5-7H,1-4H2,(H,14,15). The highest BCUT2D eigenvalue weighted by molar-refractivity contribution is 7.98. The van der Waals surface area contributed by atoms with E-state index in [4.69, 9.17) is 28.8 Å². The molecule has 0 aliphatic carbocycles. The maximum atomic E-state index is 14.4. The van der Waals surface area contributed by atoms with Crippen LogP contribution >= 0.6 is 23.5 Å². The summed E-state index contributed by atoms with van der Waals surface area (Å²) in [5.41, 5.74) is 2.18. The number of hydrogen-bond acceptors (Lipinski definition) is 16. The van der Waals surface area contributed by atoms with Crippen molar-refractivity contribution in [3.8, 4) is 23.3 Å². The van der Waals surface area contributed by atoms with Crippen LogP contribution in [-0.2, 0) is 14.2 Å². The van der Waals surface area contributed by atoms with Crippen LogP contribution in [0.2, 0.25) is 0 Å². The Morgan fingerprint density at radius 1 is 0.590 bits per heavy atom. The molecular formula is C57H56F2N8O9S2. The van der Waals surface area contributed by atoms with Gasteiger partial charge in [-0.15, -0.1) is 0 Å². The Balaban J connectivity index is 0.000000165. The molecule has 2 fully saturated rings. The van der Waals surface area contributed by atoms with Crippen LogP contribution in [0.5, 0.6) is 23.3 Å². The zero-order valence-electron chi connectivity index (χ0n) is 43.3. The molecule has 4 heterocycles. The van der Waals surface area contributed by atoms with Crippen LogP contribution in [0.25, 0.3) is 21.5 Å².